The Labute approximate surface area is 157 Å². The number of rotatable bonds is 5. The summed E-state index contributed by atoms with van der Waals surface area (Å²) in [6, 6.07) is 7.17. The lowest BCUT2D eigenvalue weighted by molar-refractivity contribution is -0.165. The van der Waals surface area contributed by atoms with Crippen LogP contribution in [0.1, 0.15) is 24.4 Å². The summed E-state index contributed by atoms with van der Waals surface area (Å²) in [4.78, 5) is 38.6. The van der Waals surface area contributed by atoms with Crippen LogP contribution in [0.4, 0.5) is 4.79 Å². The Morgan fingerprint density at radius 3 is 2.48 bits per heavy atom. The minimum atomic E-state index is -0.826. The second-order valence-electron chi connectivity index (χ2n) is 6.33. The molecule has 27 heavy (non-hydrogen) atoms. The predicted octanol–water partition coefficient (Wildman–Crippen LogP) is 2.11. The number of methoxy groups -OCH3 is 2. The first-order valence-corrected chi connectivity index (χ1v) is 8.71. The summed E-state index contributed by atoms with van der Waals surface area (Å²) in [5, 5.41) is 2.57. The summed E-state index contributed by atoms with van der Waals surface area (Å²) in [5.41, 5.74) is 1.63. The van der Waals surface area contributed by atoms with E-state index >= 15 is 0 Å². The van der Waals surface area contributed by atoms with Crippen molar-refractivity contribution < 1.29 is 23.9 Å². The normalized spacial score (nSPS) is 22.4. The second-order valence-corrected chi connectivity index (χ2v) is 6.33. The van der Waals surface area contributed by atoms with Crippen molar-refractivity contribution in [2.75, 3.05) is 14.2 Å². The maximum absolute atomic E-state index is 12.9. The van der Waals surface area contributed by atoms with Crippen molar-refractivity contribution in [2.24, 2.45) is 0 Å². The van der Waals surface area contributed by atoms with Crippen LogP contribution in [0.15, 0.2) is 54.1 Å². The number of hydrogen-bond donors (Lipinski definition) is 1. The first kappa shape index (κ1) is 18.7. The van der Waals surface area contributed by atoms with E-state index in [9.17, 15) is 14.4 Å². The zero-order valence-electron chi connectivity index (χ0n) is 15.3. The molecule has 0 unspecified atom stereocenters. The van der Waals surface area contributed by atoms with Gasteiger partial charge in [0.2, 0.25) is 5.91 Å². The third-order valence-electron chi connectivity index (χ3n) is 4.83. The topological polar surface area (TPSA) is 84.9 Å². The monoisotopic (exact) mass is 370 g/mol. The number of nitrogens with one attached hydrogen (secondary N) is 1. The van der Waals surface area contributed by atoms with Crippen LogP contribution in [-0.4, -0.2) is 49.2 Å². The Morgan fingerprint density at radius 2 is 1.89 bits per heavy atom. The number of carbonyl (C=O) groups excluding carboxylic acids is 3. The van der Waals surface area contributed by atoms with E-state index in [1.165, 1.54) is 19.1 Å². The molecule has 0 radical (unpaired) electrons. The zero-order chi connectivity index (χ0) is 19.4. The summed E-state index contributed by atoms with van der Waals surface area (Å²) < 4.78 is 9.62. The molecule has 1 aromatic rings. The number of allylic oxidation sites excluding steroid dienone is 3. The van der Waals surface area contributed by atoms with Crippen molar-refractivity contribution >= 4 is 18.0 Å². The summed E-state index contributed by atoms with van der Waals surface area (Å²) >= 11 is 0. The molecule has 0 aromatic heterocycles. The lowest BCUT2D eigenvalue weighted by Crippen LogP contribution is -2.69. The smallest absolute Gasteiger partial charge is 0.407 e. The van der Waals surface area contributed by atoms with Gasteiger partial charge in [-0.1, -0.05) is 48.6 Å². The molecule has 1 saturated heterocycles. The van der Waals surface area contributed by atoms with Gasteiger partial charge in [-0.15, -0.1) is 0 Å². The molecule has 2 aliphatic rings. The van der Waals surface area contributed by atoms with Gasteiger partial charge in [0.15, 0.2) is 6.04 Å². The molecule has 1 aromatic carbocycles. The highest BCUT2D eigenvalue weighted by Crippen LogP contribution is 2.40. The summed E-state index contributed by atoms with van der Waals surface area (Å²) in [6.45, 7) is 0. The Bertz CT molecular complexity index is 787. The van der Waals surface area contributed by atoms with Gasteiger partial charge in [-0.2, -0.15) is 0 Å². The fraction of sp³-hybridized carbons (Fsp3) is 0.350. The van der Waals surface area contributed by atoms with Crippen molar-refractivity contribution in [2.45, 2.75) is 31.0 Å². The Balaban J connectivity index is 1.97. The highest BCUT2D eigenvalue weighted by atomic mass is 16.5. The number of esters is 1. The number of β-lactam (4-membered cyclic amide) rings is 1. The quantitative estimate of drug-likeness (QED) is 0.487. The van der Waals surface area contributed by atoms with Crippen LogP contribution < -0.4 is 5.32 Å². The van der Waals surface area contributed by atoms with Gasteiger partial charge >= 0.3 is 12.1 Å². The van der Waals surface area contributed by atoms with Crippen LogP contribution in [0.3, 0.4) is 0 Å². The summed E-state index contributed by atoms with van der Waals surface area (Å²) in [6.07, 6.45) is 6.50. The fourth-order valence-electron chi connectivity index (χ4n) is 3.53. The number of benzene rings is 1. The van der Waals surface area contributed by atoms with E-state index in [-0.39, 0.29) is 5.91 Å². The van der Waals surface area contributed by atoms with Crippen LogP contribution in [0, 0.1) is 0 Å². The van der Waals surface area contributed by atoms with E-state index in [0.29, 0.717) is 12.8 Å². The maximum atomic E-state index is 12.9. The zero-order valence-corrected chi connectivity index (χ0v) is 15.3. The maximum Gasteiger partial charge on any atom is 0.407 e. The molecule has 3 atom stereocenters. The van der Waals surface area contributed by atoms with Crippen LogP contribution >= 0.6 is 0 Å². The second kappa shape index (κ2) is 8.07. The van der Waals surface area contributed by atoms with Gasteiger partial charge in [0.1, 0.15) is 6.04 Å². The molecule has 142 valence electrons. The number of carbonyl (C=O) groups is 3. The van der Waals surface area contributed by atoms with Crippen LogP contribution in [-0.2, 0) is 19.1 Å². The highest BCUT2D eigenvalue weighted by molar-refractivity contribution is 5.97. The molecule has 1 N–H and O–H groups in total. The first-order chi connectivity index (χ1) is 13.1. The predicted molar refractivity (Wildman–Crippen MR) is 97.6 cm³/mol. The summed E-state index contributed by atoms with van der Waals surface area (Å²) in [5.74, 6) is -0.845. The van der Waals surface area contributed by atoms with Crippen LogP contribution in [0.2, 0.25) is 0 Å². The van der Waals surface area contributed by atoms with Gasteiger partial charge in [-0.25, -0.2) is 9.59 Å². The van der Waals surface area contributed by atoms with E-state index in [1.54, 1.807) is 0 Å². The fourth-order valence-corrected chi connectivity index (χ4v) is 3.53. The molecule has 7 nitrogen and oxygen atoms in total. The van der Waals surface area contributed by atoms with Crippen molar-refractivity contribution in [1.29, 1.82) is 0 Å². The molecular weight excluding hydrogens is 348 g/mol. The molecule has 7 heteroatoms. The molecule has 0 spiro atoms. The Hall–Kier alpha value is -3.09. The molecule has 1 heterocycles. The van der Waals surface area contributed by atoms with Gasteiger partial charge in [0, 0.05) is 0 Å². The van der Waals surface area contributed by atoms with Gasteiger partial charge in [0.25, 0.3) is 0 Å². The van der Waals surface area contributed by atoms with Crippen LogP contribution in [0.5, 0.6) is 0 Å². The van der Waals surface area contributed by atoms with Crippen molar-refractivity contribution in [3.05, 3.63) is 59.7 Å². The van der Waals surface area contributed by atoms with E-state index in [2.05, 4.69) is 10.1 Å². The standard InChI is InChI=1S/C20H22N2O5/c1-26-19(24)17(14-11-7-4-8-12-14)22-16(13-9-5-3-6-10-13)15(18(22)23)21-20(25)27-2/h3-7,9-10,12,15-17H,8,11H2,1-2H3,(H,21,25)/t15-,16-,17-/m0/s1. The minimum Gasteiger partial charge on any atom is -0.467 e. The van der Waals surface area contributed by atoms with Gasteiger partial charge in [-0.3, -0.25) is 4.79 Å². The number of nitrogens with zero attached hydrogens (tertiary/aromatic N) is 1. The molecule has 1 aliphatic heterocycles. The summed E-state index contributed by atoms with van der Waals surface area (Å²) in [7, 11) is 2.55. The molecule has 0 saturated carbocycles. The van der Waals surface area contributed by atoms with E-state index in [1.807, 2.05) is 48.6 Å². The SMILES string of the molecule is COC(=O)N[C@@H]1C(=O)N([C@H](C(=O)OC)C2=CCC=CC2)[C@H]1c1ccccc1. The lowest BCUT2D eigenvalue weighted by atomic mass is 9.84. The van der Waals surface area contributed by atoms with Gasteiger partial charge in [0.05, 0.1) is 20.3 Å². The Kier molecular flexibility index (Phi) is 5.59. The van der Waals surface area contributed by atoms with Crippen molar-refractivity contribution in [3.63, 3.8) is 0 Å². The largest absolute Gasteiger partial charge is 0.467 e. The van der Waals surface area contributed by atoms with Crippen molar-refractivity contribution in [3.8, 4) is 0 Å². The average Bonchev–Trinajstić information content (AvgIpc) is 2.73. The van der Waals surface area contributed by atoms with Gasteiger partial charge in [-0.05, 0) is 24.0 Å². The number of hydrogen-bond acceptors (Lipinski definition) is 5. The lowest BCUT2D eigenvalue weighted by Gasteiger charge is -2.50. The highest BCUT2D eigenvalue weighted by Gasteiger charge is 2.54. The minimum absolute atomic E-state index is 0.347. The molecular formula is C20H22N2O5. The molecule has 2 amide bonds. The van der Waals surface area contributed by atoms with Gasteiger partial charge < -0.3 is 19.7 Å². The number of amides is 2. The van der Waals surface area contributed by atoms with E-state index in [0.717, 1.165) is 11.1 Å². The van der Waals surface area contributed by atoms with Crippen LogP contribution in [0.25, 0.3) is 0 Å². The molecule has 0 bridgehead atoms. The molecule has 1 aliphatic carbocycles. The first-order valence-electron chi connectivity index (χ1n) is 8.71. The van der Waals surface area contributed by atoms with Crippen molar-refractivity contribution in [1.82, 2.24) is 10.2 Å². The van der Waals surface area contributed by atoms with E-state index in [4.69, 9.17) is 4.74 Å². The number of likely N-dealkylation sites (tertiary alicyclic amines) is 1. The van der Waals surface area contributed by atoms with E-state index < -0.39 is 30.2 Å². The third-order valence-corrected chi connectivity index (χ3v) is 4.83. The number of ether oxygens (including phenoxy) is 2. The number of alkyl carbamates (subject to hydrolysis) is 1. The third kappa shape index (κ3) is 3.58. The molecule has 3 rings (SSSR count). The molecule has 1 fully saturated rings. The Morgan fingerprint density at radius 1 is 1.15 bits per heavy atom. The average molecular weight is 370 g/mol.